The molecular weight excluding hydrogens is 221 g/mol. The molecule has 1 aromatic rings. The van der Waals surface area contributed by atoms with E-state index in [1.165, 1.54) is 0 Å². The van der Waals surface area contributed by atoms with Gasteiger partial charge < -0.3 is 10.8 Å². The number of rotatable bonds is 4. The van der Waals surface area contributed by atoms with Crippen molar-refractivity contribution in [3.8, 4) is 0 Å². The number of aliphatic hydroxyl groups excluding tert-OH is 1. The molecule has 0 aliphatic heterocycles. The normalized spacial score (nSPS) is 12.9. The standard InChI is InChI=1S/C10H13Cl2NO/c11-9-2-1-8(10(12)4-9)3-7(5-13)6-14/h1-2,4,7,14H,3,5-6,13H2/t7-/m0/s1. The summed E-state index contributed by atoms with van der Waals surface area (Å²) in [6, 6.07) is 5.35. The molecule has 14 heavy (non-hydrogen) atoms. The van der Waals surface area contributed by atoms with Crippen molar-refractivity contribution in [2.75, 3.05) is 13.2 Å². The molecule has 0 saturated carbocycles. The van der Waals surface area contributed by atoms with Crippen LogP contribution in [0.3, 0.4) is 0 Å². The lowest BCUT2D eigenvalue weighted by Gasteiger charge is -2.12. The smallest absolute Gasteiger partial charge is 0.0474 e. The molecule has 0 amide bonds. The lowest BCUT2D eigenvalue weighted by molar-refractivity contribution is 0.230. The van der Waals surface area contributed by atoms with Gasteiger partial charge in [0.05, 0.1) is 0 Å². The Morgan fingerprint density at radius 3 is 2.57 bits per heavy atom. The Morgan fingerprint density at radius 2 is 2.07 bits per heavy atom. The molecule has 0 spiro atoms. The van der Waals surface area contributed by atoms with Crippen molar-refractivity contribution >= 4 is 23.2 Å². The van der Waals surface area contributed by atoms with Gasteiger partial charge in [0.1, 0.15) is 0 Å². The molecule has 1 atom stereocenters. The van der Waals surface area contributed by atoms with E-state index >= 15 is 0 Å². The molecule has 78 valence electrons. The maximum atomic E-state index is 8.98. The second-order valence-corrected chi connectivity index (χ2v) is 4.07. The zero-order valence-electron chi connectivity index (χ0n) is 7.71. The largest absolute Gasteiger partial charge is 0.396 e. The fraction of sp³-hybridized carbons (Fsp3) is 0.400. The van der Waals surface area contributed by atoms with Crippen molar-refractivity contribution in [3.05, 3.63) is 33.8 Å². The minimum absolute atomic E-state index is 0.0636. The van der Waals surface area contributed by atoms with Crippen molar-refractivity contribution in [2.45, 2.75) is 6.42 Å². The van der Waals surface area contributed by atoms with Crippen LogP contribution in [0.5, 0.6) is 0 Å². The van der Waals surface area contributed by atoms with Gasteiger partial charge in [-0.1, -0.05) is 29.3 Å². The summed E-state index contributed by atoms with van der Waals surface area (Å²) in [7, 11) is 0. The predicted octanol–water partition coefficient (Wildman–Crippen LogP) is 2.10. The Balaban J connectivity index is 2.76. The van der Waals surface area contributed by atoms with Gasteiger partial charge in [0.25, 0.3) is 0 Å². The highest BCUT2D eigenvalue weighted by atomic mass is 35.5. The molecule has 1 rings (SSSR count). The van der Waals surface area contributed by atoms with E-state index in [1.54, 1.807) is 12.1 Å². The van der Waals surface area contributed by atoms with E-state index in [2.05, 4.69) is 0 Å². The van der Waals surface area contributed by atoms with Gasteiger partial charge in [0.2, 0.25) is 0 Å². The van der Waals surface area contributed by atoms with Crippen molar-refractivity contribution in [3.63, 3.8) is 0 Å². The molecular formula is C10H13Cl2NO. The lowest BCUT2D eigenvalue weighted by Crippen LogP contribution is -2.20. The van der Waals surface area contributed by atoms with Gasteiger partial charge in [-0.25, -0.2) is 0 Å². The summed E-state index contributed by atoms with van der Waals surface area (Å²) in [6.45, 7) is 0.533. The van der Waals surface area contributed by atoms with E-state index in [0.717, 1.165) is 5.56 Å². The van der Waals surface area contributed by atoms with Gasteiger partial charge in [-0.3, -0.25) is 0 Å². The molecule has 0 heterocycles. The molecule has 0 aromatic heterocycles. The van der Waals surface area contributed by atoms with Crippen LogP contribution in [0.25, 0.3) is 0 Å². The molecule has 2 nitrogen and oxygen atoms in total. The molecule has 0 radical (unpaired) electrons. The Morgan fingerprint density at radius 1 is 1.36 bits per heavy atom. The topological polar surface area (TPSA) is 46.2 Å². The molecule has 1 aromatic carbocycles. The van der Waals surface area contributed by atoms with Crippen molar-refractivity contribution < 1.29 is 5.11 Å². The number of nitrogens with two attached hydrogens (primary N) is 1. The summed E-state index contributed by atoms with van der Waals surface area (Å²) in [6.07, 6.45) is 0.684. The molecule has 0 bridgehead atoms. The summed E-state index contributed by atoms with van der Waals surface area (Å²) < 4.78 is 0. The van der Waals surface area contributed by atoms with E-state index in [1.807, 2.05) is 6.07 Å². The van der Waals surface area contributed by atoms with Crippen molar-refractivity contribution in [2.24, 2.45) is 11.7 Å². The summed E-state index contributed by atoms with van der Waals surface area (Å²) in [5.41, 5.74) is 6.45. The maximum Gasteiger partial charge on any atom is 0.0474 e. The van der Waals surface area contributed by atoms with Crippen LogP contribution in [0.4, 0.5) is 0 Å². The average molecular weight is 234 g/mol. The molecule has 0 saturated heterocycles. The Bertz CT molecular complexity index is 300. The second-order valence-electron chi connectivity index (χ2n) is 3.22. The molecule has 0 aliphatic carbocycles. The highest BCUT2D eigenvalue weighted by Gasteiger charge is 2.09. The first-order valence-corrected chi connectivity index (χ1v) is 5.17. The number of hydrogen-bond acceptors (Lipinski definition) is 2. The Hall–Kier alpha value is -0.280. The average Bonchev–Trinajstić information content (AvgIpc) is 2.17. The van der Waals surface area contributed by atoms with Crippen molar-refractivity contribution in [1.29, 1.82) is 0 Å². The highest BCUT2D eigenvalue weighted by molar-refractivity contribution is 6.35. The van der Waals surface area contributed by atoms with E-state index in [9.17, 15) is 0 Å². The van der Waals surface area contributed by atoms with Crippen LogP contribution in [0, 0.1) is 5.92 Å². The van der Waals surface area contributed by atoms with Crippen LogP contribution in [0.15, 0.2) is 18.2 Å². The highest BCUT2D eigenvalue weighted by Crippen LogP contribution is 2.23. The number of halogens is 2. The summed E-state index contributed by atoms with van der Waals surface area (Å²) in [5.74, 6) is 0.0636. The fourth-order valence-corrected chi connectivity index (χ4v) is 1.71. The van der Waals surface area contributed by atoms with E-state index < -0.39 is 0 Å². The first-order chi connectivity index (χ1) is 6.67. The van der Waals surface area contributed by atoms with E-state index in [-0.39, 0.29) is 12.5 Å². The number of benzene rings is 1. The fourth-order valence-electron chi connectivity index (χ4n) is 1.22. The third kappa shape index (κ3) is 3.14. The first kappa shape index (κ1) is 11.8. The zero-order valence-corrected chi connectivity index (χ0v) is 9.22. The quantitative estimate of drug-likeness (QED) is 0.837. The van der Waals surface area contributed by atoms with Crippen LogP contribution in [-0.2, 0) is 6.42 Å². The minimum Gasteiger partial charge on any atom is -0.396 e. The zero-order chi connectivity index (χ0) is 10.6. The van der Waals surface area contributed by atoms with Crippen LogP contribution in [0.1, 0.15) is 5.56 Å². The van der Waals surface area contributed by atoms with Gasteiger partial charge in [-0.2, -0.15) is 0 Å². The third-order valence-electron chi connectivity index (χ3n) is 2.12. The number of aliphatic hydroxyl groups is 1. The monoisotopic (exact) mass is 233 g/mol. The predicted molar refractivity (Wildman–Crippen MR) is 59.8 cm³/mol. The third-order valence-corrected chi connectivity index (χ3v) is 2.70. The summed E-state index contributed by atoms with van der Waals surface area (Å²) >= 11 is 11.7. The van der Waals surface area contributed by atoms with Gasteiger partial charge in [-0.05, 0) is 36.6 Å². The van der Waals surface area contributed by atoms with Gasteiger partial charge in [0, 0.05) is 16.7 Å². The van der Waals surface area contributed by atoms with Crippen LogP contribution >= 0.6 is 23.2 Å². The molecule has 0 aliphatic rings. The molecule has 0 fully saturated rings. The van der Waals surface area contributed by atoms with E-state index in [0.29, 0.717) is 23.0 Å². The minimum atomic E-state index is 0.0636. The van der Waals surface area contributed by atoms with Crippen LogP contribution in [-0.4, -0.2) is 18.3 Å². The molecule has 3 N–H and O–H groups in total. The SMILES string of the molecule is NC[C@@H](CO)Cc1ccc(Cl)cc1Cl. The van der Waals surface area contributed by atoms with Crippen LogP contribution < -0.4 is 5.73 Å². The summed E-state index contributed by atoms with van der Waals surface area (Å²) in [5, 5.41) is 10.2. The number of hydrogen-bond donors (Lipinski definition) is 2. The molecule has 0 unspecified atom stereocenters. The second kappa shape index (κ2) is 5.56. The van der Waals surface area contributed by atoms with Crippen molar-refractivity contribution in [1.82, 2.24) is 0 Å². The van der Waals surface area contributed by atoms with Gasteiger partial charge >= 0.3 is 0 Å². The Labute approximate surface area is 93.6 Å². The first-order valence-electron chi connectivity index (χ1n) is 4.42. The van der Waals surface area contributed by atoms with E-state index in [4.69, 9.17) is 34.0 Å². The molecule has 4 heteroatoms. The Kier molecular flexibility index (Phi) is 4.69. The summed E-state index contributed by atoms with van der Waals surface area (Å²) in [4.78, 5) is 0. The van der Waals surface area contributed by atoms with Crippen LogP contribution in [0.2, 0.25) is 10.0 Å². The maximum absolute atomic E-state index is 8.98. The van der Waals surface area contributed by atoms with Gasteiger partial charge in [-0.15, -0.1) is 0 Å². The lowest BCUT2D eigenvalue weighted by atomic mass is 10.0. The van der Waals surface area contributed by atoms with Gasteiger partial charge in [0.15, 0.2) is 0 Å².